The van der Waals surface area contributed by atoms with Crippen LogP contribution in [0, 0.1) is 0 Å². The molecule has 0 saturated heterocycles. The first-order chi connectivity index (χ1) is 9.36. The van der Waals surface area contributed by atoms with Crippen LogP contribution in [0.4, 0.5) is 0 Å². The molecule has 0 radical (unpaired) electrons. The van der Waals surface area contributed by atoms with E-state index in [0.29, 0.717) is 0 Å². The Morgan fingerprint density at radius 2 is 1.37 bits per heavy atom. The van der Waals surface area contributed by atoms with E-state index in [1.165, 1.54) is 0 Å². The highest BCUT2D eigenvalue weighted by atomic mass is 79.9. The molecule has 0 aliphatic carbocycles. The maximum absolute atomic E-state index is 4.45. The Balaban J connectivity index is 2.25. The van der Waals surface area contributed by atoms with Crippen LogP contribution in [0.15, 0.2) is 65.5 Å². The lowest BCUT2D eigenvalue weighted by Gasteiger charge is -2.09. The summed E-state index contributed by atoms with van der Waals surface area (Å²) in [5, 5.41) is 0. The SMILES string of the molecule is Brc1ccnc(-c2ccccn2)c1-c1ccccn1. The minimum atomic E-state index is 0.827. The number of pyridine rings is 3. The van der Waals surface area contributed by atoms with Crippen LogP contribution in [0.3, 0.4) is 0 Å². The van der Waals surface area contributed by atoms with Crippen molar-refractivity contribution in [2.75, 3.05) is 0 Å². The largest absolute Gasteiger partial charge is 0.256 e. The standard InChI is InChI=1S/C15H10BrN3/c16-11-7-10-19-15(13-6-2-4-9-18-13)14(11)12-5-1-3-8-17-12/h1-10H. The van der Waals surface area contributed by atoms with Crippen LogP contribution in [0.25, 0.3) is 22.6 Å². The van der Waals surface area contributed by atoms with E-state index in [-0.39, 0.29) is 0 Å². The lowest BCUT2D eigenvalue weighted by atomic mass is 10.1. The highest BCUT2D eigenvalue weighted by molar-refractivity contribution is 9.10. The molecule has 3 aromatic heterocycles. The monoisotopic (exact) mass is 311 g/mol. The van der Waals surface area contributed by atoms with Gasteiger partial charge in [-0.1, -0.05) is 12.1 Å². The Labute approximate surface area is 119 Å². The van der Waals surface area contributed by atoms with Crippen molar-refractivity contribution in [1.82, 2.24) is 15.0 Å². The van der Waals surface area contributed by atoms with E-state index in [1.807, 2.05) is 42.5 Å². The zero-order valence-corrected chi connectivity index (χ0v) is 11.6. The molecule has 19 heavy (non-hydrogen) atoms. The maximum Gasteiger partial charge on any atom is 0.0991 e. The summed E-state index contributed by atoms with van der Waals surface area (Å²) in [6.07, 6.45) is 5.30. The summed E-state index contributed by atoms with van der Waals surface area (Å²) in [5.74, 6) is 0. The summed E-state index contributed by atoms with van der Waals surface area (Å²) in [7, 11) is 0. The van der Waals surface area contributed by atoms with Gasteiger partial charge in [-0.3, -0.25) is 15.0 Å². The van der Waals surface area contributed by atoms with Gasteiger partial charge < -0.3 is 0 Å². The Hall–Kier alpha value is -2.07. The Morgan fingerprint density at radius 3 is 2.00 bits per heavy atom. The zero-order valence-electron chi connectivity index (χ0n) is 9.99. The van der Waals surface area contributed by atoms with Crippen LogP contribution < -0.4 is 0 Å². The van der Waals surface area contributed by atoms with E-state index < -0.39 is 0 Å². The number of rotatable bonds is 2. The summed E-state index contributed by atoms with van der Waals surface area (Å²) < 4.78 is 0.960. The minimum Gasteiger partial charge on any atom is -0.256 e. The molecule has 0 fully saturated rings. The van der Waals surface area contributed by atoms with Crippen LogP contribution in [-0.4, -0.2) is 15.0 Å². The third-order valence-electron chi connectivity index (χ3n) is 2.73. The Morgan fingerprint density at radius 1 is 0.684 bits per heavy atom. The van der Waals surface area contributed by atoms with Gasteiger partial charge in [-0.25, -0.2) is 0 Å². The lowest BCUT2D eigenvalue weighted by molar-refractivity contribution is 1.22. The van der Waals surface area contributed by atoms with Crippen molar-refractivity contribution >= 4 is 15.9 Å². The molecule has 0 aromatic carbocycles. The fourth-order valence-corrected chi connectivity index (χ4v) is 2.40. The van der Waals surface area contributed by atoms with Gasteiger partial charge in [-0.2, -0.15) is 0 Å². The molecule has 0 saturated carbocycles. The van der Waals surface area contributed by atoms with Crippen LogP contribution in [0.5, 0.6) is 0 Å². The number of hydrogen-bond donors (Lipinski definition) is 0. The summed E-state index contributed by atoms with van der Waals surface area (Å²) in [5.41, 5.74) is 3.50. The predicted octanol–water partition coefficient (Wildman–Crippen LogP) is 3.97. The smallest absolute Gasteiger partial charge is 0.0991 e. The molecule has 0 spiro atoms. The highest BCUT2D eigenvalue weighted by Crippen LogP contribution is 2.33. The number of aromatic nitrogens is 3. The molecule has 3 nitrogen and oxygen atoms in total. The van der Waals surface area contributed by atoms with Crippen LogP contribution >= 0.6 is 15.9 Å². The van der Waals surface area contributed by atoms with Gasteiger partial charge in [0.25, 0.3) is 0 Å². The quantitative estimate of drug-likeness (QED) is 0.719. The fraction of sp³-hybridized carbons (Fsp3) is 0. The fourth-order valence-electron chi connectivity index (χ4n) is 1.89. The van der Waals surface area contributed by atoms with Gasteiger partial charge in [0, 0.05) is 28.6 Å². The first kappa shape index (κ1) is 12.0. The predicted molar refractivity (Wildman–Crippen MR) is 78.4 cm³/mol. The molecule has 0 bridgehead atoms. The molecular weight excluding hydrogens is 302 g/mol. The van der Waals surface area contributed by atoms with E-state index in [9.17, 15) is 0 Å². The van der Waals surface area contributed by atoms with E-state index in [4.69, 9.17) is 0 Å². The minimum absolute atomic E-state index is 0.827. The molecule has 3 aromatic rings. The first-order valence-corrected chi connectivity index (χ1v) is 6.63. The third kappa shape index (κ3) is 2.39. The second-order valence-corrected chi connectivity index (χ2v) is 4.80. The van der Waals surface area contributed by atoms with Crippen molar-refractivity contribution in [3.63, 3.8) is 0 Å². The van der Waals surface area contributed by atoms with Crippen LogP contribution in [0.2, 0.25) is 0 Å². The van der Waals surface area contributed by atoms with Crippen molar-refractivity contribution in [3.05, 3.63) is 65.5 Å². The van der Waals surface area contributed by atoms with Crippen molar-refractivity contribution in [2.45, 2.75) is 0 Å². The van der Waals surface area contributed by atoms with Gasteiger partial charge in [0.2, 0.25) is 0 Å². The van der Waals surface area contributed by atoms with E-state index in [1.54, 1.807) is 18.6 Å². The lowest BCUT2D eigenvalue weighted by Crippen LogP contribution is -1.93. The van der Waals surface area contributed by atoms with Crippen molar-refractivity contribution in [3.8, 4) is 22.6 Å². The molecule has 0 atom stereocenters. The number of nitrogens with zero attached hydrogens (tertiary/aromatic N) is 3. The molecule has 0 unspecified atom stereocenters. The summed E-state index contributed by atoms with van der Waals surface area (Å²) in [4.78, 5) is 13.2. The van der Waals surface area contributed by atoms with E-state index in [0.717, 1.165) is 27.1 Å². The Kier molecular flexibility index (Phi) is 3.33. The van der Waals surface area contributed by atoms with Gasteiger partial charge >= 0.3 is 0 Å². The molecule has 0 amide bonds. The highest BCUT2D eigenvalue weighted by Gasteiger charge is 2.13. The van der Waals surface area contributed by atoms with Gasteiger partial charge in [0.1, 0.15) is 0 Å². The van der Waals surface area contributed by atoms with Crippen molar-refractivity contribution in [2.24, 2.45) is 0 Å². The molecule has 92 valence electrons. The van der Waals surface area contributed by atoms with E-state index in [2.05, 4.69) is 30.9 Å². The maximum atomic E-state index is 4.45. The average Bonchev–Trinajstić information content (AvgIpc) is 2.49. The Bertz CT molecular complexity index is 684. The summed E-state index contributed by atoms with van der Waals surface area (Å²) in [6, 6.07) is 13.5. The number of hydrogen-bond acceptors (Lipinski definition) is 3. The molecule has 0 aliphatic heterocycles. The molecular formula is C15H10BrN3. The third-order valence-corrected chi connectivity index (χ3v) is 3.39. The second-order valence-electron chi connectivity index (χ2n) is 3.95. The van der Waals surface area contributed by atoms with Crippen molar-refractivity contribution < 1.29 is 0 Å². The summed E-state index contributed by atoms with van der Waals surface area (Å²) >= 11 is 3.57. The normalized spacial score (nSPS) is 10.4. The molecule has 0 aliphatic rings. The average molecular weight is 312 g/mol. The van der Waals surface area contributed by atoms with Gasteiger partial charge in [0.05, 0.1) is 17.1 Å². The zero-order chi connectivity index (χ0) is 13.1. The van der Waals surface area contributed by atoms with Crippen LogP contribution in [-0.2, 0) is 0 Å². The van der Waals surface area contributed by atoms with E-state index >= 15 is 0 Å². The second kappa shape index (κ2) is 5.28. The summed E-state index contributed by atoms with van der Waals surface area (Å²) in [6.45, 7) is 0. The molecule has 3 heterocycles. The molecule has 0 N–H and O–H groups in total. The molecule has 4 heteroatoms. The molecule has 3 rings (SSSR count). The van der Waals surface area contributed by atoms with Crippen LogP contribution in [0.1, 0.15) is 0 Å². The van der Waals surface area contributed by atoms with Crippen molar-refractivity contribution in [1.29, 1.82) is 0 Å². The van der Waals surface area contributed by atoms with Gasteiger partial charge in [-0.15, -0.1) is 0 Å². The number of halogens is 1. The van der Waals surface area contributed by atoms with Gasteiger partial charge in [0.15, 0.2) is 0 Å². The first-order valence-electron chi connectivity index (χ1n) is 5.83. The van der Waals surface area contributed by atoms with Gasteiger partial charge in [-0.05, 0) is 46.3 Å². The topological polar surface area (TPSA) is 38.7 Å².